The van der Waals surface area contributed by atoms with E-state index >= 15 is 0 Å². The van der Waals surface area contributed by atoms with Gasteiger partial charge in [-0.25, -0.2) is 0 Å². The summed E-state index contributed by atoms with van der Waals surface area (Å²) in [6.07, 6.45) is 1.16. The number of nitrogens with two attached hydrogens (primary N) is 1. The smallest absolute Gasteiger partial charge is 0.0481 e. The Kier molecular flexibility index (Phi) is 6.81. The maximum absolute atomic E-state index is 6.11. The van der Waals surface area contributed by atoms with Gasteiger partial charge in [0.2, 0.25) is 0 Å². The van der Waals surface area contributed by atoms with Crippen molar-refractivity contribution in [3.63, 3.8) is 0 Å². The van der Waals surface area contributed by atoms with Crippen LogP contribution in [0.5, 0.6) is 0 Å². The topological polar surface area (TPSA) is 29.3 Å². The molecule has 0 radical (unpaired) electrons. The first-order chi connectivity index (χ1) is 8.86. The van der Waals surface area contributed by atoms with Crippen LogP contribution in [0.2, 0.25) is 5.02 Å². The summed E-state index contributed by atoms with van der Waals surface area (Å²) in [5.74, 6) is 0.679. The Bertz CT molecular complexity index is 409. The number of nitrogens with zero attached hydrogens (tertiary/aromatic N) is 1. The first-order valence-electron chi connectivity index (χ1n) is 6.73. The van der Waals surface area contributed by atoms with Crippen LogP contribution in [0.4, 0.5) is 0 Å². The number of likely N-dealkylation sites (N-methyl/N-ethyl adjacent to an activating group) is 1. The summed E-state index contributed by atoms with van der Waals surface area (Å²) in [7, 11) is 2.14. The van der Waals surface area contributed by atoms with Crippen LogP contribution in [0.3, 0.4) is 0 Å². The monoisotopic (exact) mass is 346 g/mol. The summed E-state index contributed by atoms with van der Waals surface area (Å²) >= 11 is 9.71. The lowest BCUT2D eigenvalue weighted by Crippen LogP contribution is -2.37. The molecule has 2 N–H and O–H groups in total. The predicted molar refractivity (Wildman–Crippen MR) is 87.6 cm³/mol. The molecule has 1 aromatic carbocycles. The van der Waals surface area contributed by atoms with Crippen molar-refractivity contribution < 1.29 is 0 Å². The lowest BCUT2D eigenvalue weighted by molar-refractivity contribution is 0.168. The van der Waals surface area contributed by atoms with Crippen molar-refractivity contribution >= 4 is 27.5 Å². The average Bonchev–Trinajstić information content (AvgIpc) is 2.33. The van der Waals surface area contributed by atoms with Crippen LogP contribution in [0.25, 0.3) is 0 Å². The Balaban J connectivity index is 2.96. The maximum atomic E-state index is 6.11. The number of benzene rings is 1. The molecule has 0 aliphatic carbocycles. The van der Waals surface area contributed by atoms with Crippen LogP contribution in [-0.4, -0.2) is 24.5 Å². The van der Waals surface area contributed by atoms with Gasteiger partial charge in [-0.2, -0.15) is 0 Å². The second kappa shape index (κ2) is 7.63. The molecule has 0 aliphatic rings. The van der Waals surface area contributed by atoms with Gasteiger partial charge in [0.1, 0.15) is 0 Å². The predicted octanol–water partition coefficient (Wildman–Crippen LogP) is 4.47. The molecule has 4 heteroatoms. The van der Waals surface area contributed by atoms with Crippen LogP contribution in [0, 0.1) is 5.92 Å². The van der Waals surface area contributed by atoms with E-state index in [0.29, 0.717) is 18.5 Å². The molecule has 2 nitrogen and oxygen atoms in total. The molecule has 0 saturated heterocycles. The van der Waals surface area contributed by atoms with Gasteiger partial charge in [-0.3, -0.25) is 4.90 Å². The van der Waals surface area contributed by atoms with Crippen LogP contribution in [0.15, 0.2) is 22.7 Å². The zero-order valence-corrected chi connectivity index (χ0v) is 14.5. The molecule has 108 valence electrons. The minimum Gasteiger partial charge on any atom is -0.329 e. The van der Waals surface area contributed by atoms with Crippen LogP contribution < -0.4 is 5.73 Å². The standard InChI is InChI=1S/C15H24BrClN2/c1-10(2)7-11(3)19(4)15(9-18)13-8-12(17)5-6-14(13)16/h5-6,8,10-11,15H,7,9,18H2,1-4H3. The van der Waals surface area contributed by atoms with E-state index in [2.05, 4.69) is 48.6 Å². The average molecular weight is 348 g/mol. The Hall–Kier alpha value is -0.0900. The van der Waals surface area contributed by atoms with Crippen LogP contribution >= 0.6 is 27.5 Å². The lowest BCUT2D eigenvalue weighted by atomic mass is 9.99. The molecule has 19 heavy (non-hydrogen) atoms. The summed E-state index contributed by atoms with van der Waals surface area (Å²) in [4.78, 5) is 2.34. The second-order valence-electron chi connectivity index (χ2n) is 5.56. The molecule has 0 aliphatic heterocycles. The van der Waals surface area contributed by atoms with Gasteiger partial charge in [0.15, 0.2) is 0 Å². The fourth-order valence-corrected chi connectivity index (χ4v) is 3.13. The van der Waals surface area contributed by atoms with E-state index in [4.69, 9.17) is 17.3 Å². The Morgan fingerprint density at radius 3 is 2.47 bits per heavy atom. The van der Waals surface area contributed by atoms with Gasteiger partial charge in [0.05, 0.1) is 0 Å². The zero-order valence-electron chi connectivity index (χ0n) is 12.2. The first kappa shape index (κ1) is 17.0. The highest BCUT2D eigenvalue weighted by molar-refractivity contribution is 9.10. The van der Waals surface area contributed by atoms with Crippen LogP contribution in [-0.2, 0) is 0 Å². The highest BCUT2D eigenvalue weighted by Gasteiger charge is 2.22. The Morgan fingerprint density at radius 1 is 1.32 bits per heavy atom. The van der Waals surface area contributed by atoms with E-state index < -0.39 is 0 Å². The molecular weight excluding hydrogens is 324 g/mol. The first-order valence-corrected chi connectivity index (χ1v) is 7.90. The van der Waals surface area contributed by atoms with E-state index in [0.717, 1.165) is 21.5 Å². The van der Waals surface area contributed by atoms with Crippen LogP contribution in [0.1, 0.15) is 38.8 Å². The fraction of sp³-hybridized carbons (Fsp3) is 0.600. The molecule has 0 amide bonds. The van der Waals surface area contributed by atoms with Gasteiger partial charge in [0.25, 0.3) is 0 Å². The van der Waals surface area contributed by atoms with E-state index in [-0.39, 0.29) is 6.04 Å². The molecule has 2 unspecified atom stereocenters. The molecular formula is C15H24BrClN2. The molecule has 1 rings (SSSR count). The number of hydrogen-bond acceptors (Lipinski definition) is 2. The van der Waals surface area contributed by atoms with E-state index in [9.17, 15) is 0 Å². The van der Waals surface area contributed by atoms with Gasteiger partial charge >= 0.3 is 0 Å². The van der Waals surface area contributed by atoms with Crippen molar-refractivity contribution in [2.45, 2.75) is 39.3 Å². The van der Waals surface area contributed by atoms with E-state index in [1.54, 1.807) is 0 Å². The second-order valence-corrected chi connectivity index (χ2v) is 6.85. The molecule has 2 atom stereocenters. The molecule has 0 heterocycles. The van der Waals surface area contributed by atoms with Crippen molar-refractivity contribution in [2.24, 2.45) is 11.7 Å². The van der Waals surface area contributed by atoms with E-state index in [1.807, 2.05) is 18.2 Å². The molecule has 0 fully saturated rings. The summed E-state index contributed by atoms with van der Waals surface area (Å²) < 4.78 is 1.07. The van der Waals surface area contributed by atoms with Crippen molar-refractivity contribution in [1.29, 1.82) is 0 Å². The zero-order chi connectivity index (χ0) is 14.6. The van der Waals surface area contributed by atoms with Gasteiger partial charge in [0, 0.05) is 28.1 Å². The Labute approximate surface area is 130 Å². The molecule has 0 spiro atoms. The molecule has 1 aromatic rings. The maximum Gasteiger partial charge on any atom is 0.0481 e. The van der Waals surface area contributed by atoms with Crippen molar-refractivity contribution in [3.05, 3.63) is 33.3 Å². The number of rotatable bonds is 6. The normalized spacial score (nSPS) is 15.0. The van der Waals surface area contributed by atoms with Crippen molar-refractivity contribution in [1.82, 2.24) is 4.90 Å². The largest absolute Gasteiger partial charge is 0.329 e. The molecule has 0 bridgehead atoms. The summed E-state index contributed by atoms with van der Waals surface area (Å²) in [6.45, 7) is 7.33. The summed E-state index contributed by atoms with van der Waals surface area (Å²) in [5.41, 5.74) is 7.15. The highest BCUT2D eigenvalue weighted by Crippen LogP contribution is 2.31. The van der Waals surface area contributed by atoms with Gasteiger partial charge in [-0.15, -0.1) is 0 Å². The van der Waals surface area contributed by atoms with Gasteiger partial charge in [-0.05, 0) is 50.1 Å². The number of hydrogen-bond donors (Lipinski definition) is 1. The summed E-state index contributed by atoms with van der Waals surface area (Å²) in [5, 5.41) is 0.751. The molecule has 0 saturated carbocycles. The third-order valence-electron chi connectivity index (χ3n) is 3.54. The van der Waals surface area contributed by atoms with Gasteiger partial charge in [-0.1, -0.05) is 41.4 Å². The van der Waals surface area contributed by atoms with Gasteiger partial charge < -0.3 is 5.73 Å². The third kappa shape index (κ3) is 4.75. The minimum absolute atomic E-state index is 0.182. The van der Waals surface area contributed by atoms with Crippen molar-refractivity contribution in [3.8, 4) is 0 Å². The minimum atomic E-state index is 0.182. The number of halogens is 2. The highest BCUT2D eigenvalue weighted by atomic mass is 79.9. The Morgan fingerprint density at radius 2 is 1.95 bits per heavy atom. The van der Waals surface area contributed by atoms with E-state index in [1.165, 1.54) is 0 Å². The lowest BCUT2D eigenvalue weighted by Gasteiger charge is -2.34. The third-order valence-corrected chi connectivity index (χ3v) is 4.50. The fourth-order valence-electron chi connectivity index (χ4n) is 2.44. The molecule has 0 aromatic heterocycles. The van der Waals surface area contributed by atoms with Crippen molar-refractivity contribution in [2.75, 3.05) is 13.6 Å². The SMILES string of the molecule is CC(C)CC(C)N(C)C(CN)c1cc(Cl)ccc1Br. The quantitative estimate of drug-likeness (QED) is 0.822. The summed E-state index contributed by atoms with van der Waals surface area (Å²) in [6, 6.07) is 6.55.